The van der Waals surface area contributed by atoms with E-state index in [1.165, 1.54) is 12.8 Å². The molecule has 0 saturated heterocycles. The molecule has 1 aliphatic carbocycles. The highest BCUT2D eigenvalue weighted by Gasteiger charge is 2.28. The van der Waals surface area contributed by atoms with Crippen LogP contribution in [0.5, 0.6) is 0 Å². The van der Waals surface area contributed by atoms with Gasteiger partial charge in [-0.3, -0.25) is 9.69 Å². The highest BCUT2D eigenvalue weighted by atomic mass is 35.5. The number of nitrogens with zero attached hydrogens (tertiary/aromatic N) is 1. The van der Waals surface area contributed by atoms with Gasteiger partial charge in [0.25, 0.3) is 0 Å². The lowest BCUT2D eigenvalue weighted by molar-refractivity contribution is -0.122. The van der Waals surface area contributed by atoms with Gasteiger partial charge < -0.3 is 5.32 Å². The molecule has 1 amide bonds. The molecule has 0 bridgehead atoms. The minimum atomic E-state index is 0.0759. The van der Waals surface area contributed by atoms with Crippen molar-refractivity contribution in [1.82, 2.24) is 10.2 Å². The molecule has 0 aliphatic heterocycles. The van der Waals surface area contributed by atoms with E-state index in [-0.39, 0.29) is 5.91 Å². The number of hydrogen-bond donors (Lipinski definition) is 1. The van der Waals surface area contributed by atoms with Crippen molar-refractivity contribution in [3.05, 3.63) is 33.8 Å². The molecule has 2 rings (SSSR count). The fourth-order valence-electron chi connectivity index (χ4n) is 2.26. The molecule has 1 atom stereocenters. The molecule has 0 spiro atoms. The standard InChI is InChI=1S/C15H20Cl2N2O/c1-10(12-4-5-12)18-15(20)9-19(2)8-11-3-6-13(16)14(17)7-11/h3,6-7,10,12H,4-5,8-9H2,1-2H3,(H,18,20)/t10-/m0/s1. The fraction of sp³-hybridized carbons (Fsp3) is 0.533. The number of halogens is 2. The molecule has 1 saturated carbocycles. The summed E-state index contributed by atoms with van der Waals surface area (Å²) < 4.78 is 0. The van der Waals surface area contributed by atoms with Crippen molar-refractivity contribution in [2.45, 2.75) is 32.4 Å². The van der Waals surface area contributed by atoms with Crippen LogP contribution < -0.4 is 5.32 Å². The van der Waals surface area contributed by atoms with E-state index in [4.69, 9.17) is 23.2 Å². The molecule has 110 valence electrons. The maximum Gasteiger partial charge on any atom is 0.234 e. The molecular formula is C15H20Cl2N2O. The molecule has 3 nitrogen and oxygen atoms in total. The van der Waals surface area contributed by atoms with Crippen molar-refractivity contribution >= 4 is 29.1 Å². The number of amides is 1. The predicted octanol–water partition coefficient (Wildman–Crippen LogP) is 3.34. The Kier molecular flexibility index (Phi) is 5.30. The Bertz CT molecular complexity index is 489. The van der Waals surface area contributed by atoms with Gasteiger partial charge >= 0.3 is 0 Å². The Morgan fingerprint density at radius 1 is 1.40 bits per heavy atom. The molecular weight excluding hydrogens is 295 g/mol. The Labute approximate surface area is 130 Å². The third-order valence-electron chi connectivity index (χ3n) is 3.57. The third kappa shape index (κ3) is 4.65. The number of carbonyl (C=O) groups is 1. The lowest BCUT2D eigenvalue weighted by Gasteiger charge is -2.19. The average molecular weight is 315 g/mol. The van der Waals surface area contributed by atoms with Crippen LogP contribution in [-0.4, -0.2) is 30.4 Å². The number of benzene rings is 1. The SMILES string of the molecule is C[C@H](NC(=O)CN(C)Cc1ccc(Cl)c(Cl)c1)C1CC1. The second-order valence-corrected chi connectivity index (χ2v) is 6.43. The zero-order valence-corrected chi connectivity index (χ0v) is 13.3. The number of carbonyl (C=O) groups excluding carboxylic acids is 1. The van der Waals surface area contributed by atoms with Crippen molar-refractivity contribution in [2.24, 2.45) is 5.92 Å². The van der Waals surface area contributed by atoms with E-state index < -0.39 is 0 Å². The second-order valence-electron chi connectivity index (χ2n) is 5.61. The molecule has 0 heterocycles. The molecule has 0 unspecified atom stereocenters. The molecule has 1 aromatic carbocycles. The first-order valence-electron chi connectivity index (χ1n) is 6.87. The quantitative estimate of drug-likeness (QED) is 0.873. The van der Waals surface area contributed by atoms with Crippen LogP contribution in [0.2, 0.25) is 10.0 Å². The molecule has 1 fully saturated rings. The van der Waals surface area contributed by atoms with Crippen molar-refractivity contribution in [3.63, 3.8) is 0 Å². The topological polar surface area (TPSA) is 32.3 Å². The molecule has 0 aromatic heterocycles. The molecule has 5 heteroatoms. The summed E-state index contributed by atoms with van der Waals surface area (Å²) in [6.07, 6.45) is 2.47. The second kappa shape index (κ2) is 6.79. The predicted molar refractivity (Wildman–Crippen MR) is 83.1 cm³/mol. The lowest BCUT2D eigenvalue weighted by atomic mass is 10.2. The molecule has 1 N–H and O–H groups in total. The molecule has 0 radical (unpaired) electrons. The third-order valence-corrected chi connectivity index (χ3v) is 4.31. The zero-order chi connectivity index (χ0) is 14.7. The number of hydrogen-bond acceptors (Lipinski definition) is 2. The number of likely N-dealkylation sites (N-methyl/N-ethyl adjacent to an activating group) is 1. The first-order chi connectivity index (χ1) is 9.45. The van der Waals surface area contributed by atoms with Crippen LogP contribution in [0.25, 0.3) is 0 Å². The average Bonchev–Trinajstić information content (AvgIpc) is 3.17. The fourth-order valence-corrected chi connectivity index (χ4v) is 2.59. The number of nitrogens with one attached hydrogen (secondary N) is 1. The zero-order valence-electron chi connectivity index (χ0n) is 11.8. The van der Waals surface area contributed by atoms with Crippen LogP contribution in [-0.2, 0) is 11.3 Å². The van der Waals surface area contributed by atoms with Gasteiger partial charge in [0.1, 0.15) is 0 Å². The van der Waals surface area contributed by atoms with Crippen molar-refractivity contribution < 1.29 is 4.79 Å². The van der Waals surface area contributed by atoms with Gasteiger partial charge in [-0.1, -0.05) is 29.3 Å². The van der Waals surface area contributed by atoms with Gasteiger partial charge in [-0.2, -0.15) is 0 Å². The monoisotopic (exact) mass is 314 g/mol. The van der Waals surface area contributed by atoms with Gasteiger partial charge in [0.05, 0.1) is 16.6 Å². The largest absolute Gasteiger partial charge is 0.352 e. The Hall–Kier alpha value is -0.770. The van der Waals surface area contributed by atoms with Gasteiger partial charge in [-0.05, 0) is 50.4 Å². The van der Waals surface area contributed by atoms with Crippen LogP contribution in [0.4, 0.5) is 0 Å². The van der Waals surface area contributed by atoms with E-state index in [9.17, 15) is 4.79 Å². The summed E-state index contributed by atoms with van der Waals surface area (Å²) in [5, 5.41) is 4.15. The first-order valence-corrected chi connectivity index (χ1v) is 7.63. The highest BCUT2D eigenvalue weighted by Crippen LogP contribution is 2.32. The van der Waals surface area contributed by atoms with E-state index in [1.807, 2.05) is 24.1 Å². The smallest absolute Gasteiger partial charge is 0.234 e. The van der Waals surface area contributed by atoms with Gasteiger partial charge in [0.2, 0.25) is 5.91 Å². The van der Waals surface area contributed by atoms with Crippen molar-refractivity contribution in [2.75, 3.05) is 13.6 Å². The highest BCUT2D eigenvalue weighted by molar-refractivity contribution is 6.42. The van der Waals surface area contributed by atoms with Crippen molar-refractivity contribution in [1.29, 1.82) is 0 Å². The van der Waals surface area contributed by atoms with E-state index in [0.29, 0.717) is 35.1 Å². The molecule has 1 aromatic rings. The Morgan fingerprint density at radius 2 is 2.10 bits per heavy atom. The summed E-state index contributed by atoms with van der Waals surface area (Å²) in [5.74, 6) is 0.756. The summed E-state index contributed by atoms with van der Waals surface area (Å²) in [4.78, 5) is 13.9. The van der Waals surface area contributed by atoms with Crippen LogP contribution in [0.3, 0.4) is 0 Å². The maximum absolute atomic E-state index is 11.9. The van der Waals surface area contributed by atoms with Gasteiger partial charge in [0, 0.05) is 12.6 Å². The van der Waals surface area contributed by atoms with E-state index in [0.717, 1.165) is 5.56 Å². The van der Waals surface area contributed by atoms with Gasteiger partial charge in [-0.25, -0.2) is 0 Å². The van der Waals surface area contributed by atoms with Crippen LogP contribution in [0.1, 0.15) is 25.3 Å². The minimum Gasteiger partial charge on any atom is -0.352 e. The molecule has 1 aliphatic rings. The van der Waals surface area contributed by atoms with Gasteiger partial charge in [0.15, 0.2) is 0 Å². The maximum atomic E-state index is 11.9. The van der Waals surface area contributed by atoms with Crippen LogP contribution in [0, 0.1) is 5.92 Å². The summed E-state index contributed by atoms with van der Waals surface area (Å²) in [5.41, 5.74) is 1.05. The normalized spacial score (nSPS) is 16.2. The van der Waals surface area contributed by atoms with E-state index in [1.54, 1.807) is 6.07 Å². The van der Waals surface area contributed by atoms with Crippen LogP contribution >= 0.6 is 23.2 Å². The van der Waals surface area contributed by atoms with Crippen molar-refractivity contribution in [3.8, 4) is 0 Å². The van der Waals surface area contributed by atoms with E-state index >= 15 is 0 Å². The summed E-state index contributed by atoms with van der Waals surface area (Å²) in [7, 11) is 1.92. The van der Waals surface area contributed by atoms with Gasteiger partial charge in [-0.15, -0.1) is 0 Å². The van der Waals surface area contributed by atoms with Crippen LogP contribution in [0.15, 0.2) is 18.2 Å². The Balaban J connectivity index is 1.80. The minimum absolute atomic E-state index is 0.0759. The summed E-state index contributed by atoms with van der Waals surface area (Å²) >= 11 is 11.9. The lowest BCUT2D eigenvalue weighted by Crippen LogP contribution is -2.40. The summed E-state index contributed by atoms with van der Waals surface area (Å²) in [6.45, 7) is 3.13. The molecule has 20 heavy (non-hydrogen) atoms. The number of rotatable bonds is 6. The summed E-state index contributed by atoms with van der Waals surface area (Å²) in [6, 6.07) is 5.84. The van der Waals surface area contributed by atoms with E-state index in [2.05, 4.69) is 12.2 Å². The first kappa shape index (κ1) is 15.6. The Morgan fingerprint density at radius 3 is 2.70 bits per heavy atom.